The van der Waals surface area contributed by atoms with Gasteiger partial charge in [0.2, 0.25) is 0 Å². The van der Waals surface area contributed by atoms with Gasteiger partial charge in [0.05, 0.1) is 0 Å². The molecule has 0 bridgehead atoms. The van der Waals surface area contributed by atoms with Gasteiger partial charge in [-0.3, -0.25) is 9.98 Å². The number of rotatable bonds is 1. The van der Waals surface area contributed by atoms with Crippen LogP contribution in [0.5, 0.6) is 0 Å². The standard InChI is InChI=1S/C5H4Cl2N2O/c6-4-5(7,2-10)1-8-3-9-4/h1-2H,3H2. The molecule has 3 nitrogen and oxygen atoms in total. The smallest absolute Gasteiger partial charge is 0.186 e. The third-order valence-corrected chi connectivity index (χ3v) is 1.95. The van der Waals surface area contributed by atoms with Crippen molar-refractivity contribution in [3.63, 3.8) is 0 Å². The molecule has 0 fully saturated rings. The predicted octanol–water partition coefficient (Wildman–Crippen LogP) is 0.842. The highest BCUT2D eigenvalue weighted by atomic mass is 35.5. The first kappa shape index (κ1) is 7.69. The second kappa shape index (κ2) is 2.68. The Morgan fingerprint density at radius 1 is 1.80 bits per heavy atom. The first-order chi connectivity index (χ1) is 4.69. The van der Waals surface area contributed by atoms with Gasteiger partial charge in [0, 0.05) is 6.21 Å². The Balaban J connectivity index is 2.93. The minimum atomic E-state index is -1.31. The Kier molecular flexibility index (Phi) is 2.06. The second-order valence-electron chi connectivity index (χ2n) is 1.79. The van der Waals surface area contributed by atoms with E-state index in [-0.39, 0.29) is 11.8 Å². The maximum atomic E-state index is 10.3. The zero-order valence-electron chi connectivity index (χ0n) is 4.92. The molecule has 0 spiro atoms. The summed E-state index contributed by atoms with van der Waals surface area (Å²) in [6.45, 7) is 0.251. The van der Waals surface area contributed by atoms with Crippen molar-refractivity contribution in [3.05, 3.63) is 0 Å². The van der Waals surface area contributed by atoms with Crippen LogP contribution >= 0.6 is 23.2 Å². The molecule has 1 atom stereocenters. The Hall–Kier alpha value is -0.410. The van der Waals surface area contributed by atoms with Gasteiger partial charge in [-0.1, -0.05) is 23.2 Å². The van der Waals surface area contributed by atoms with E-state index in [1.807, 2.05) is 0 Å². The molecule has 54 valence electrons. The number of hydrogen-bond donors (Lipinski definition) is 0. The van der Waals surface area contributed by atoms with E-state index in [0.717, 1.165) is 0 Å². The van der Waals surface area contributed by atoms with Crippen molar-refractivity contribution in [3.8, 4) is 0 Å². The van der Waals surface area contributed by atoms with Gasteiger partial charge >= 0.3 is 0 Å². The fraction of sp³-hybridized carbons (Fsp3) is 0.400. The van der Waals surface area contributed by atoms with Crippen LogP contribution in [-0.2, 0) is 4.79 Å². The van der Waals surface area contributed by atoms with E-state index in [4.69, 9.17) is 23.2 Å². The highest BCUT2D eigenvalue weighted by Gasteiger charge is 2.31. The molecule has 1 heterocycles. The highest BCUT2D eigenvalue weighted by molar-refractivity contribution is 6.78. The summed E-state index contributed by atoms with van der Waals surface area (Å²) in [6, 6.07) is 0. The molecule has 0 saturated heterocycles. The van der Waals surface area contributed by atoms with E-state index < -0.39 is 4.87 Å². The number of alkyl halides is 1. The predicted molar refractivity (Wildman–Crippen MR) is 41.3 cm³/mol. The van der Waals surface area contributed by atoms with Crippen molar-refractivity contribution in [1.29, 1.82) is 0 Å². The van der Waals surface area contributed by atoms with Gasteiger partial charge in [0.25, 0.3) is 0 Å². The zero-order chi connectivity index (χ0) is 7.61. The molecule has 1 aliphatic heterocycles. The van der Waals surface area contributed by atoms with Crippen molar-refractivity contribution in [2.45, 2.75) is 4.87 Å². The fourth-order valence-corrected chi connectivity index (χ4v) is 0.806. The van der Waals surface area contributed by atoms with E-state index in [9.17, 15) is 4.79 Å². The number of aliphatic imine (C=N–C) groups is 2. The van der Waals surface area contributed by atoms with Crippen LogP contribution < -0.4 is 0 Å². The number of carbonyl (C=O) groups excluding carboxylic acids is 1. The molecule has 10 heavy (non-hydrogen) atoms. The van der Waals surface area contributed by atoms with E-state index in [1.165, 1.54) is 6.21 Å². The van der Waals surface area contributed by atoms with Gasteiger partial charge in [0.15, 0.2) is 11.2 Å². The third kappa shape index (κ3) is 1.20. The quantitative estimate of drug-likeness (QED) is 0.434. The molecule has 1 rings (SSSR count). The number of carbonyl (C=O) groups is 1. The summed E-state index contributed by atoms with van der Waals surface area (Å²) in [5.41, 5.74) is 0. The molecule has 0 aromatic heterocycles. The van der Waals surface area contributed by atoms with Crippen molar-refractivity contribution in [2.24, 2.45) is 9.98 Å². The summed E-state index contributed by atoms with van der Waals surface area (Å²) >= 11 is 11.1. The lowest BCUT2D eigenvalue weighted by atomic mass is 10.2. The Bertz CT molecular complexity index is 214. The number of aldehydes is 1. The fourth-order valence-electron chi connectivity index (χ4n) is 0.530. The molecule has 0 radical (unpaired) electrons. The lowest BCUT2D eigenvalue weighted by Gasteiger charge is -2.15. The first-order valence-corrected chi connectivity index (χ1v) is 3.31. The van der Waals surface area contributed by atoms with Crippen molar-refractivity contribution < 1.29 is 4.79 Å². The molecule has 0 saturated carbocycles. The lowest BCUT2D eigenvalue weighted by Crippen LogP contribution is -2.35. The van der Waals surface area contributed by atoms with Crippen molar-refractivity contribution in [2.75, 3.05) is 6.67 Å². The van der Waals surface area contributed by atoms with E-state index >= 15 is 0 Å². The molecule has 5 heteroatoms. The molecule has 0 aliphatic carbocycles. The molecule has 0 aromatic carbocycles. The summed E-state index contributed by atoms with van der Waals surface area (Å²) in [4.78, 5) is 16.4. The molecular weight excluding hydrogens is 175 g/mol. The summed E-state index contributed by atoms with van der Waals surface area (Å²) in [6.07, 6.45) is 1.79. The maximum absolute atomic E-state index is 10.3. The average Bonchev–Trinajstić information content (AvgIpc) is 1.96. The van der Waals surface area contributed by atoms with Crippen LogP contribution in [0.25, 0.3) is 0 Å². The van der Waals surface area contributed by atoms with Crippen LogP contribution in [-0.4, -0.2) is 29.2 Å². The molecule has 0 aromatic rings. The van der Waals surface area contributed by atoms with Gasteiger partial charge < -0.3 is 4.79 Å². The van der Waals surface area contributed by atoms with E-state index in [0.29, 0.717) is 6.29 Å². The average molecular weight is 179 g/mol. The number of nitrogens with zero attached hydrogens (tertiary/aromatic N) is 2. The van der Waals surface area contributed by atoms with E-state index in [2.05, 4.69) is 9.98 Å². The monoisotopic (exact) mass is 178 g/mol. The summed E-state index contributed by atoms with van der Waals surface area (Å²) < 4.78 is 0. The Labute approximate surface area is 67.8 Å². The van der Waals surface area contributed by atoms with Crippen LogP contribution in [0.3, 0.4) is 0 Å². The van der Waals surface area contributed by atoms with Gasteiger partial charge in [0.1, 0.15) is 11.8 Å². The van der Waals surface area contributed by atoms with Gasteiger partial charge in [-0.05, 0) is 0 Å². The minimum absolute atomic E-state index is 0.0826. The largest absolute Gasteiger partial charge is 0.300 e. The van der Waals surface area contributed by atoms with Crippen LogP contribution in [0, 0.1) is 0 Å². The van der Waals surface area contributed by atoms with Crippen molar-refractivity contribution >= 4 is 40.9 Å². The van der Waals surface area contributed by atoms with Crippen LogP contribution in [0.4, 0.5) is 0 Å². The van der Waals surface area contributed by atoms with Crippen LogP contribution in [0.2, 0.25) is 0 Å². The SMILES string of the molecule is O=CC1(Cl)C=NCN=C1Cl. The van der Waals surface area contributed by atoms with Crippen molar-refractivity contribution in [1.82, 2.24) is 0 Å². The van der Waals surface area contributed by atoms with Crippen LogP contribution in [0.15, 0.2) is 9.98 Å². The molecule has 0 amide bonds. The molecular formula is C5H4Cl2N2O. The Morgan fingerprint density at radius 2 is 2.50 bits per heavy atom. The van der Waals surface area contributed by atoms with Gasteiger partial charge in [-0.15, -0.1) is 0 Å². The maximum Gasteiger partial charge on any atom is 0.186 e. The summed E-state index contributed by atoms with van der Waals surface area (Å²) in [5.74, 6) is 0. The summed E-state index contributed by atoms with van der Waals surface area (Å²) in [5, 5.41) is 0.0826. The highest BCUT2D eigenvalue weighted by Crippen LogP contribution is 2.17. The normalized spacial score (nSPS) is 31.6. The third-order valence-electron chi connectivity index (χ3n) is 1.06. The minimum Gasteiger partial charge on any atom is -0.300 e. The topological polar surface area (TPSA) is 41.8 Å². The number of hydrogen-bond acceptors (Lipinski definition) is 3. The zero-order valence-corrected chi connectivity index (χ0v) is 6.43. The first-order valence-electron chi connectivity index (χ1n) is 2.56. The van der Waals surface area contributed by atoms with E-state index in [1.54, 1.807) is 0 Å². The molecule has 1 aliphatic rings. The van der Waals surface area contributed by atoms with Gasteiger partial charge in [-0.2, -0.15) is 0 Å². The second-order valence-corrected chi connectivity index (χ2v) is 2.77. The van der Waals surface area contributed by atoms with Gasteiger partial charge in [-0.25, -0.2) is 0 Å². The summed E-state index contributed by atoms with van der Waals surface area (Å²) in [7, 11) is 0. The number of halogens is 2. The lowest BCUT2D eigenvalue weighted by molar-refractivity contribution is -0.107. The molecule has 0 N–H and O–H groups in total. The molecule has 1 unspecified atom stereocenters. The Morgan fingerprint density at radius 3 is 2.90 bits per heavy atom. The van der Waals surface area contributed by atoms with Crippen LogP contribution in [0.1, 0.15) is 0 Å².